The molecule has 3 nitrogen and oxygen atoms in total. The summed E-state index contributed by atoms with van der Waals surface area (Å²) in [4.78, 5) is 11.9. The molecule has 0 radical (unpaired) electrons. The molecule has 0 saturated heterocycles. The molecule has 1 aliphatic heterocycles. The lowest BCUT2D eigenvalue weighted by atomic mass is 9.88. The summed E-state index contributed by atoms with van der Waals surface area (Å²) in [6.45, 7) is 7.91. The fourth-order valence-electron chi connectivity index (χ4n) is 3.19. The van der Waals surface area contributed by atoms with Gasteiger partial charge in [-0.15, -0.1) is 0 Å². The highest BCUT2D eigenvalue weighted by Gasteiger charge is 2.30. The molecule has 2 aromatic rings. The number of benzene rings is 2. The Bertz CT molecular complexity index is 764. The highest BCUT2D eigenvalue weighted by molar-refractivity contribution is 6.03. The minimum Gasteiger partial charge on any atom is -0.384 e. The van der Waals surface area contributed by atoms with Crippen molar-refractivity contribution in [3.63, 3.8) is 0 Å². The number of aryl methyl sites for hydroxylation is 1. The van der Waals surface area contributed by atoms with Gasteiger partial charge in [-0.25, -0.2) is 0 Å². The first-order valence-corrected chi connectivity index (χ1v) is 7.60. The zero-order chi connectivity index (χ0) is 16.0. The minimum absolute atomic E-state index is 0.0278. The second-order valence-corrected chi connectivity index (χ2v) is 6.15. The van der Waals surface area contributed by atoms with E-state index in [1.165, 1.54) is 0 Å². The van der Waals surface area contributed by atoms with Gasteiger partial charge in [0.15, 0.2) is 0 Å². The fraction of sp³-hybridized carbons (Fsp3) is 0.316. The molecule has 1 heterocycles. The van der Waals surface area contributed by atoms with Crippen LogP contribution in [0.25, 0.3) is 0 Å². The summed E-state index contributed by atoms with van der Waals surface area (Å²) >= 11 is 0. The highest BCUT2D eigenvalue weighted by atomic mass is 16.3. The van der Waals surface area contributed by atoms with E-state index in [0.717, 1.165) is 39.1 Å². The second-order valence-electron chi connectivity index (χ2n) is 6.15. The number of anilines is 1. The summed E-state index contributed by atoms with van der Waals surface area (Å²) < 4.78 is 0. The minimum atomic E-state index is -0.673. The van der Waals surface area contributed by atoms with E-state index in [1.807, 2.05) is 58.0 Å². The fourth-order valence-corrected chi connectivity index (χ4v) is 3.19. The summed E-state index contributed by atoms with van der Waals surface area (Å²) in [7, 11) is 0. The van der Waals surface area contributed by atoms with E-state index in [-0.39, 0.29) is 11.8 Å². The van der Waals surface area contributed by atoms with Crippen molar-refractivity contribution in [3.8, 4) is 0 Å². The Morgan fingerprint density at radius 3 is 2.45 bits per heavy atom. The number of aliphatic hydroxyl groups excluding tert-OH is 1. The predicted octanol–water partition coefficient (Wildman–Crippen LogP) is 3.75. The zero-order valence-corrected chi connectivity index (χ0v) is 13.4. The van der Waals surface area contributed by atoms with E-state index in [9.17, 15) is 9.90 Å². The first kappa shape index (κ1) is 14.8. The van der Waals surface area contributed by atoms with Gasteiger partial charge in [0.2, 0.25) is 5.91 Å². The molecule has 2 atom stereocenters. The number of hydrogen-bond donors (Lipinski definition) is 2. The van der Waals surface area contributed by atoms with Crippen molar-refractivity contribution in [2.75, 3.05) is 5.32 Å². The van der Waals surface area contributed by atoms with Crippen LogP contribution in [-0.4, -0.2) is 11.0 Å². The molecule has 1 aliphatic rings. The Morgan fingerprint density at radius 1 is 1.09 bits per heavy atom. The van der Waals surface area contributed by atoms with Crippen molar-refractivity contribution in [2.24, 2.45) is 0 Å². The van der Waals surface area contributed by atoms with E-state index in [2.05, 4.69) is 5.32 Å². The Morgan fingerprint density at radius 2 is 1.77 bits per heavy atom. The third kappa shape index (κ3) is 2.13. The van der Waals surface area contributed by atoms with Gasteiger partial charge in [0.1, 0.15) is 6.10 Å². The number of hydrogen-bond acceptors (Lipinski definition) is 2. The summed E-state index contributed by atoms with van der Waals surface area (Å²) in [5.41, 5.74) is 6.83. The lowest BCUT2D eigenvalue weighted by Gasteiger charge is -2.20. The molecule has 22 heavy (non-hydrogen) atoms. The standard InChI is InChI=1S/C19H21NO2/c1-10-7-5-6-8-14(10)18(21)16-9-15-13(4)19(22)20-17(15)12(3)11(16)2/h5-9,13,18,21H,1-4H3,(H,20,22). The van der Waals surface area contributed by atoms with Gasteiger partial charge < -0.3 is 10.4 Å². The maximum absolute atomic E-state index is 11.9. The normalized spacial score (nSPS) is 18.0. The monoisotopic (exact) mass is 295 g/mol. The number of aliphatic hydroxyl groups is 1. The van der Waals surface area contributed by atoms with Crippen molar-refractivity contribution >= 4 is 11.6 Å². The molecular weight excluding hydrogens is 274 g/mol. The van der Waals surface area contributed by atoms with Gasteiger partial charge in [0, 0.05) is 5.69 Å². The van der Waals surface area contributed by atoms with Crippen LogP contribution in [-0.2, 0) is 4.79 Å². The molecule has 0 aliphatic carbocycles. The van der Waals surface area contributed by atoms with Crippen molar-refractivity contribution in [3.05, 3.63) is 63.7 Å². The number of carbonyl (C=O) groups is 1. The quantitative estimate of drug-likeness (QED) is 0.886. The molecule has 114 valence electrons. The van der Waals surface area contributed by atoms with Gasteiger partial charge in [0.05, 0.1) is 5.92 Å². The molecule has 2 N–H and O–H groups in total. The number of nitrogens with one attached hydrogen (secondary N) is 1. The Hall–Kier alpha value is -2.13. The first-order chi connectivity index (χ1) is 10.4. The lowest BCUT2D eigenvalue weighted by molar-refractivity contribution is -0.116. The molecule has 0 spiro atoms. The van der Waals surface area contributed by atoms with Crippen molar-refractivity contribution < 1.29 is 9.90 Å². The van der Waals surface area contributed by atoms with Crippen molar-refractivity contribution in [1.29, 1.82) is 0 Å². The maximum Gasteiger partial charge on any atom is 0.231 e. The van der Waals surface area contributed by atoms with Crippen LogP contribution in [0.5, 0.6) is 0 Å². The lowest BCUT2D eigenvalue weighted by Crippen LogP contribution is -2.08. The van der Waals surface area contributed by atoms with E-state index < -0.39 is 6.10 Å². The van der Waals surface area contributed by atoms with Gasteiger partial charge in [-0.05, 0) is 67.1 Å². The molecule has 2 aromatic carbocycles. The summed E-state index contributed by atoms with van der Waals surface area (Å²) in [5.74, 6) is -0.142. The Kier molecular flexibility index (Phi) is 3.53. The van der Waals surface area contributed by atoms with Gasteiger partial charge in [-0.1, -0.05) is 24.3 Å². The van der Waals surface area contributed by atoms with Crippen LogP contribution in [0.15, 0.2) is 30.3 Å². The summed E-state index contributed by atoms with van der Waals surface area (Å²) in [6, 6.07) is 9.85. The Labute approximate surface area is 131 Å². The molecule has 0 saturated carbocycles. The van der Waals surface area contributed by atoms with Crippen LogP contribution >= 0.6 is 0 Å². The number of rotatable bonds is 2. The molecule has 3 heteroatoms. The van der Waals surface area contributed by atoms with E-state index in [0.29, 0.717) is 0 Å². The third-order valence-electron chi connectivity index (χ3n) is 4.86. The van der Waals surface area contributed by atoms with Gasteiger partial charge in [0.25, 0.3) is 0 Å². The number of fused-ring (bicyclic) bond motifs is 1. The van der Waals surface area contributed by atoms with Crippen LogP contribution in [0.4, 0.5) is 5.69 Å². The summed E-state index contributed by atoms with van der Waals surface area (Å²) in [5, 5.41) is 13.8. The maximum atomic E-state index is 11.9. The van der Waals surface area contributed by atoms with Crippen LogP contribution in [0.3, 0.4) is 0 Å². The average molecular weight is 295 g/mol. The smallest absolute Gasteiger partial charge is 0.231 e. The van der Waals surface area contributed by atoms with Gasteiger partial charge in [-0.2, -0.15) is 0 Å². The van der Waals surface area contributed by atoms with E-state index in [4.69, 9.17) is 0 Å². The van der Waals surface area contributed by atoms with Crippen molar-refractivity contribution in [1.82, 2.24) is 0 Å². The van der Waals surface area contributed by atoms with Crippen LogP contribution in [0.2, 0.25) is 0 Å². The van der Waals surface area contributed by atoms with E-state index in [1.54, 1.807) is 0 Å². The molecule has 0 aromatic heterocycles. The Balaban J connectivity index is 2.15. The third-order valence-corrected chi connectivity index (χ3v) is 4.86. The molecule has 0 bridgehead atoms. The largest absolute Gasteiger partial charge is 0.384 e. The van der Waals surface area contributed by atoms with Crippen molar-refractivity contribution in [2.45, 2.75) is 39.7 Å². The SMILES string of the molecule is Cc1ccccc1C(O)c1cc2c(c(C)c1C)NC(=O)C2C. The average Bonchev–Trinajstić information content (AvgIpc) is 2.78. The first-order valence-electron chi connectivity index (χ1n) is 7.60. The number of carbonyl (C=O) groups excluding carboxylic acids is 1. The van der Waals surface area contributed by atoms with Gasteiger partial charge in [-0.3, -0.25) is 4.79 Å². The highest BCUT2D eigenvalue weighted by Crippen LogP contribution is 2.40. The van der Waals surface area contributed by atoms with Crippen LogP contribution in [0.1, 0.15) is 52.3 Å². The summed E-state index contributed by atoms with van der Waals surface area (Å²) in [6.07, 6.45) is -0.673. The zero-order valence-electron chi connectivity index (χ0n) is 13.4. The van der Waals surface area contributed by atoms with E-state index >= 15 is 0 Å². The second kappa shape index (κ2) is 5.25. The molecule has 0 fully saturated rings. The molecule has 2 unspecified atom stereocenters. The molecule has 3 rings (SSSR count). The number of amides is 1. The molecule has 1 amide bonds. The predicted molar refractivity (Wildman–Crippen MR) is 88.2 cm³/mol. The molecular formula is C19H21NO2. The van der Waals surface area contributed by atoms with Crippen LogP contribution in [0, 0.1) is 20.8 Å². The topological polar surface area (TPSA) is 49.3 Å². The van der Waals surface area contributed by atoms with Gasteiger partial charge >= 0.3 is 0 Å². The van der Waals surface area contributed by atoms with Crippen LogP contribution < -0.4 is 5.32 Å².